The predicted octanol–water partition coefficient (Wildman–Crippen LogP) is 2.54. The van der Waals surface area contributed by atoms with Gasteiger partial charge in [-0.25, -0.2) is 14.6 Å². The minimum Gasteiger partial charge on any atom is -0.420 e. The Morgan fingerprint density at radius 3 is 2.77 bits per heavy atom. The van der Waals surface area contributed by atoms with Crippen molar-refractivity contribution in [3.63, 3.8) is 0 Å². The maximum Gasteiger partial charge on any atom is 0.420 e. The first-order chi connectivity index (χ1) is 14.4. The first-order valence-electron chi connectivity index (χ1n) is 9.69. The van der Waals surface area contributed by atoms with E-state index in [1.807, 2.05) is 25.1 Å². The molecular formula is C22H21N3O5. The number of benzene rings is 2. The van der Waals surface area contributed by atoms with Crippen molar-refractivity contribution in [2.24, 2.45) is 0 Å². The lowest BCUT2D eigenvalue weighted by Crippen LogP contribution is -2.37. The highest BCUT2D eigenvalue weighted by Gasteiger charge is 2.15. The van der Waals surface area contributed by atoms with E-state index in [9.17, 15) is 14.4 Å². The number of fused-ring (bicyclic) bond motifs is 2. The highest BCUT2D eigenvalue weighted by atomic mass is 16.4. The summed E-state index contributed by atoms with van der Waals surface area (Å²) in [5, 5.41) is 2.85. The molecular weight excluding hydrogens is 386 g/mol. The number of nitrogens with zero attached hydrogens (tertiary/aromatic N) is 2. The maximum absolute atomic E-state index is 12.4. The van der Waals surface area contributed by atoms with Crippen LogP contribution in [0, 0.1) is 6.92 Å². The number of para-hydroxylation sites is 2. The first kappa shape index (κ1) is 19.6. The molecule has 1 N–H and O–H groups in total. The van der Waals surface area contributed by atoms with E-state index in [0.717, 1.165) is 5.56 Å². The van der Waals surface area contributed by atoms with E-state index in [0.29, 0.717) is 22.2 Å². The van der Waals surface area contributed by atoms with Gasteiger partial charge in [0.25, 0.3) is 0 Å². The Bertz CT molecular complexity index is 1350. The molecule has 0 saturated carbocycles. The van der Waals surface area contributed by atoms with Gasteiger partial charge in [0.1, 0.15) is 11.2 Å². The standard InChI is InChI=1S/C22H21N3O5/c1-13-7-9-18-16(11-13)24-15(21(27)29-18)8-10-20(26)23-14(2)12-25-17-5-3-4-6-19(17)30-22(25)28/h3-7,9,11,14H,8,10,12H2,1-2H3,(H,23,26)/t14-/m1/s1. The van der Waals surface area contributed by atoms with E-state index < -0.39 is 11.4 Å². The minimum atomic E-state index is -0.538. The number of aryl methyl sites for hydroxylation is 2. The smallest absolute Gasteiger partial charge is 0.420 e. The molecule has 1 amide bonds. The zero-order valence-corrected chi connectivity index (χ0v) is 16.7. The SMILES string of the molecule is Cc1ccc2oc(=O)c(CCC(=O)N[C@H](C)Cn3c(=O)oc4ccccc43)nc2c1. The molecule has 0 spiro atoms. The predicted molar refractivity (Wildman–Crippen MR) is 111 cm³/mol. The van der Waals surface area contributed by atoms with Crippen LogP contribution in [0.1, 0.15) is 24.6 Å². The summed E-state index contributed by atoms with van der Waals surface area (Å²) < 4.78 is 12.0. The van der Waals surface area contributed by atoms with E-state index >= 15 is 0 Å². The quantitative estimate of drug-likeness (QED) is 0.526. The molecule has 0 fully saturated rings. The number of hydrogen-bond acceptors (Lipinski definition) is 6. The van der Waals surface area contributed by atoms with Crippen molar-refractivity contribution in [2.75, 3.05) is 0 Å². The lowest BCUT2D eigenvalue weighted by atomic mass is 10.2. The fourth-order valence-electron chi connectivity index (χ4n) is 3.39. The van der Waals surface area contributed by atoms with Gasteiger partial charge in [-0.15, -0.1) is 0 Å². The van der Waals surface area contributed by atoms with Gasteiger partial charge in [0.2, 0.25) is 5.91 Å². The molecule has 0 radical (unpaired) electrons. The van der Waals surface area contributed by atoms with E-state index in [1.165, 1.54) is 4.57 Å². The molecule has 2 heterocycles. The van der Waals surface area contributed by atoms with Crippen LogP contribution in [0.25, 0.3) is 22.2 Å². The Balaban J connectivity index is 1.40. The molecule has 30 heavy (non-hydrogen) atoms. The largest absolute Gasteiger partial charge is 0.420 e. The Kier molecular flexibility index (Phi) is 5.22. The molecule has 2 aromatic heterocycles. The number of carbonyl (C=O) groups is 1. The van der Waals surface area contributed by atoms with Gasteiger partial charge in [0, 0.05) is 25.4 Å². The topological polar surface area (TPSA) is 107 Å². The van der Waals surface area contributed by atoms with Crippen LogP contribution < -0.4 is 16.7 Å². The normalized spacial score (nSPS) is 12.3. The molecule has 2 aromatic carbocycles. The van der Waals surface area contributed by atoms with Crippen molar-refractivity contribution in [1.29, 1.82) is 0 Å². The monoisotopic (exact) mass is 407 g/mol. The summed E-state index contributed by atoms with van der Waals surface area (Å²) in [4.78, 5) is 40.9. The molecule has 154 valence electrons. The number of rotatable bonds is 6. The van der Waals surface area contributed by atoms with Gasteiger partial charge in [-0.05, 0) is 43.7 Å². The number of aromatic nitrogens is 2. The maximum atomic E-state index is 12.4. The fourth-order valence-corrected chi connectivity index (χ4v) is 3.39. The number of amides is 1. The molecule has 4 aromatic rings. The van der Waals surface area contributed by atoms with E-state index in [1.54, 1.807) is 31.2 Å². The Morgan fingerprint density at radius 1 is 1.13 bits per heavy atom. The summed E-state index contributed by atoms with van der Waals surface area (Å²) in [7, 11) is 0. The van der Waals surface area contributed by atoms with Crippen molar-refractivity contribution in [3.8, 4) is 0 Å². The van der Waals surface area contributed by atoms with Crippen LogP contribution in [-0.4, -0.2) is 21.5 Å². The van der Waals surface area contributed by atoms with E-state index in [-0.39, 0.29) is 37.0 Å². The van der Waals surface area contributed by atoms with Gasteiger partial charge in [-0.1, -0.05) is 18.2 Å². The summed E-state index contributed by atoms with van der Waals surface area (Å²) in [6.07, 6.45) is 0.250. The molecule has 0 aliphatic carbocycles. The third kappa shape index (κ3) is 4.03. The van der Waals surface area contributed by atoms with Crippen LogP contribution in [0.4, 0.5) is 0 Å². The van der Waals surface area contributed by atoms with E-state index in [4.69, 9.17) is 8.83 Å². The number of oxazole rings is 1. The molecule has 0 aliphatic rings. The van der Waals surface area contributed by atoms with Crippen molar-refractivity contribution < 1.29 is 13.6 Å². The average molecular weight is 407 g/mol. The molecule has 4 rings (SSSR count). The highest BCUT2D eigenvalue weighted by molar-refractivity contribution is 5.77. The van der Waals surface area contributed by atoms with Crippen molar-refractivity contribution in [1.82, 2.24) is 14.9 Å². The second-order valence-corrected chi connectivity index (χ2v) is 7.33. The summed E-state index contributed by atoms with van der Waals surface area (Å²) in [5.41, 5.74) is 2.87. The molecule has 8 nitrogen and oxygen atoms in total. The Hall–Kier alpha value is -3.68. The van der Waals surface area contributed by atoms with Crippen LogP contribution in [-0.2, 0) is 17.8 Å². The van der Waals surface area contributed by atoms with Gasteiger partial charge in [0.15, 0.2) is 11.2 Å². The number of carbonyl (C=O) groups excluding carboxylic acids is 1. The van der Waals surface area contributed by atoms with Crippen LogP contribution in [0.3, 0.4) is 0 Å². The first-order valence-corrected chi connectivity index (χ1v) is 9.69. The highest BCUT2D eigenvalue weighted by Crippen LogP contribution is 2.13. The van der Waals surface area contributed by atoms with Crippen LogP contribution in [0.2, 0.25) is 0 Å². The van der Waals surface area contributed by atoms with Crippen molar-refractivity contribution in [2.45, 2.75) is 39.3 Å². The van der Waals surface area contributed by atoms with Crippen molar-refractivity contribution in [3.05, 3.63) is 74.7 Å². The Morgan fingerprint density at radius 2 is 1.93 bits per heavy atom. The van der Waals surface area contributed by atoms with Crippen LogP contribution in [0.15, 0.2) is 60.9 Å². The zero-order valence-electron chi connectivity index (χ0n) is 16.7. The van der Waals surface area contributed by atoms with E-state index in [2.05, 4.69) is 10.3 Å². The summed E-state index contributed by atoms with van der Waals surface area (Å²) in [5.74, 6) is -0.709. The second-order valence-electron chi connectivity index (χ2n) is 7.33. The second kappa shape index (κ2) is 7.98. The molecule has 0 bridgehead atoms. The molecule has 0 unspecified atom stereocenters. The Labute approximate surface area is 171 Å². The molecule has 0 aliphatic heterocycles. The summed E-state index contributed by atoms with van der Waals surface area (Å²) in [6.45, 7) is 4.00. The minimum absolute atomic E-state index is 0.0838. The van der Waals surface area contributed by atoms with Crippen molar-refractivity contribution >= 4 is 28.1 Å². The summed E-state index contributed by atoms with van der Waals surface area (Å²) >= 11 is 0. The third-order valence-corrected chi connectivity index (χ3v) is 4.83. The summed E-state index contributed by atoms with van der Waals surface area (Å²) in [6, 6.07) is 12.2. The lowest BCUT2D eigenvalue weighted by molar-refractivity contribution is -0.121. The van der Waals surface area contributed by atoms with Crippen LogP contribution >= 0.6 is 0 Å². The third-order valence-electron chi connectivity index (χ3n) is 4.83. The zero-order chi connectivity index (χ0) is 21.3. The van der Waals surface area contributed by atoms with Gasteiger partial charge < -0.3 is 14.2 Å². The van der Waals surface area contributed by atoms with Gasteiger partial charge >= 0.3 is 11.4 Å². The van der Waals surface area contributed by atoms with Gasteiger partial charge in [-0.2, -0.15) is 0 Å². The molecule has 1 atom stereocenters. The van der Waals surface area contributed by atoms with Gasteiger partial charge in [0.05, 0.1) is 5.52 Å². The lowest BCUT2D eigenvalue weighted by Gasteiger charge is -2.14. The number of nitrogens with one attached hydrogen (secondary N) is 1. The fraction of sp³-hybridized carbons (Fsp3) is 0.273. The van der Waals surface area contributed by atoms with Gasteiger partial charge in [-0.3, -0.25) is 9.36 Å². The molecule has 0 saturated heterocycles. The number of hydrogen-bond donors (Lipinski definition) is 1. The van der Waals surface area contributed by atoms with Crippen LogP contribution in [0.5, 0.6) is 0 Å². The molecule has 8 heteroatoms. The average Bonchev–Trinajstić information content (AvgIpc) is 3.02.